The monoisotopic (exact) mass is 537 g/mol. The van der Waals surface area contributed by atoms with Crippen molar-refractivity contribution in [2.75, 3.05) is 39.4 Å². The molecule has 0 aliphatic carbocycles. The molecule has 2 atom stereocenters. The maximum Gasteiger partial charge on any atom is 0.416 e. The Balaban J connectivity index is 1.78. The first-order valence-electron chi connectivity index (χ1n) is 11.9. The van der Waals surface area contributed by atoms with Crippen LogP contribution in [-0.2, 0) is 22.9 Å². The van der Waals surface area contributed by atoms with Crippen molar-refractivity contribution in [3.63, 3.8) is 0 Å². The van der Waals surface area contributed by atoms with Gasteiger partial charge in [0.1, 0.15) is 5.82 Å². The highest BCUT2D eigenvalue weighted by atomic mass is 35.5. The highest BCUT2D eigenvalue weighted by Gasteiger charge is 2.40. The third-order valence-corrected chi connectivity index (χ3v) is 6.63. The molecular formula is C27H28ClF4N3O2. The zero-order valence-electron chi connectivity index (χ0n) is 20.0. The zero-order valence-corrected chi connectivity index (χ0v) is 20.8. The van der Waals surface area contributed by atoms with Gasteiger partial charge in [0.25, 0.3) is 0 Å². The molecule has 5 nitrogen and oxygen atoms in total. The fraction of sp³-hybridized carbons (Fsp3) is 0.370. The van der Waals surface area contributed by atoms with Crippen LogP contribution in [0.1, 0.15) is 22.4 Å². The van der Waals surface area contributed by atoms with Gasteiger partial charge in [-0.05, 0) is 41.5 Å². The lowest BCUT2D eigenvalue weighted by Gasteiger charge is -2.37. The first-order valence-corrected chi connectivity index (χ1v) is 12.3. The highest BCUT2D eigenvalue weighted by molar-refractivity contribution is 6.30. The van der Waals surface area contributed by atoms with Crippen LogP contribution in [0.25, 0.3) is 0 Å². The molecule has 1 aromatic heterocycles. The quantitative estimate of drug-likeness (QED) is 0.389. The molecule has 1 aliphatic rings. The van der Waals surface area contributed by atoms with Gasteiger partial charge in [-0.15, -0.1) is 0 Å². The van der Waals surface area contributed by atoms with Crippen molar-refractivity contribution in [1.82, 2.24) is 15.2 Å². The number of ether oxygens (including phenoxy) is 1. The summed E-state index contributed by atoms with van der Waals surface area (Å²) in [6.07, 6.45) is -4.06. The summed E-state index contributed by atoms with van der Waals surface area (Å²) in [5, 5.41) is 14.5. The van der Waals surface area contributed by atoms with E-state index < -0.39 is 29.2 Å². The summed E-state index contributed by atoms with van der Waals surface area (Å²) < 4.78 is 61.2. The Kier molecular flexibility index (Phi) is 8.82. The summed E-state index contributed by atoms with van der Waals surface area (Å²) in [5.74, 6) is -1.02. The molecule has 10 heteroatoms. The van der Waals surface area contributed by atoms with Crippen LogP contribution >= 0.6 is 11.6 Å². The molecule has 2 heterocycles. The Morgan fingerprint density at radius 3 is 2.38 bits per heavy atom. The molecule has 2 N–H and O–H groups in total. The first kappa shape index (κ1) is 27.5. The third kappa shape index (κ3) is 7.06. The molecule has 1 saturated heterocycles. The maximum absolute atomic E-state index is 14.7. The Bertz CT molecular complexity index is 1160. The number of pyridine rings is 1. The number of aliphatic hydroxyl groups excluding tert-OH is 1. The van der Waals surface area contributed by atoms with E-state index in [1.807, 2.05) is 30.3 Å². The SMILES string of the molecule is OC(CNC(Cc1ccccc1)(c1cc(F)cc(C(F)(F)F)c1)c1ccc(Cl)cn1)CN1CCOCC1. The number of halogens is 5. The second-order valence-electron chi connectivity index (χ2n) is 9.10. The van der Waals surface area contributed by atoms with Gasteiger partial charge in [-0.2, -0.15) is 13.2 Å². The molecule has 0 radical (unpaired) electrons. The number of aromatic nitrogens is 1. The lowest BCUT2D eigenvalue weighted by molar-refractivity contribution is -0.137. The van der Waals surface area contributed by atoms with Gasteiger partial charge in [0.2, 0.25) is 0 Å². The second-order valence-corrected chi connectivity index (χ2v) is 9.54. The molecule has 0 amide bonds. The molecule has 2 unspecified atom stereocenters. The van der Waals surface area contributed by atoms with Crippen molar-refractivity contribution < 1.29 is 27.4 Å². The summed E-state index contributed by atoms with van der Waals surface area (Å²) in [6.45, 7) is 2.84. The number of alkyl halides is 3. The van der Waals surface area contributed by atoms with Crippen molar-refractivity contribution >= 4 is 11.6 Å². The molecular weight excluding hydrogens is 510 g/mol. The van der Waals surface area contributed by atoms with E-state index in [-0.39, 0.29) is 18.5 Å². The van der Waals surface area contributed by atoms with Crippen molar-refractivity contribution in [3.8, 4) is 0 Å². The number of hydrogen-bond donors (Lipinski definition) is 2. The van der Waals surface area contributed by atoms with E-state index in [0.29, 0.717) is 49.6 Å². The van der Waals surface area contributed by atoms with E-state index in [1.54, 1.807) is 12.1 Å². The third-order valence-electron chi connectivity index (χ3n) is 6.41. The number of rotatable bonds is 9. The van der Waals surface area contributed by atoms with E-state index in [1.165, 1.54) is 6.20 Å². The van der Waals surface area contributed by atoms with Crippen LogP contribution in [-0.4, -0.2) is 60.5 Å². The number of morpholine rings is 1. The predicted octanol–water partition coefficient (Wildman–Crippen LogP) is 4.66. The topological polar surface area (TPSA) is 57.6 Å². The number of β-amino-alcohol motifs (C(OH)–C–C–N with tert-alkyl or cyclic N) is 1. The largest absolute Gasteiger partial charge is 0.416 e. The standard InChI is InChI=1S/C27H28ClF4N3O2/c28-22-6-7-25(33-16-22)26(15-19-4-2-1-3-5-19,20-12-21(27(30,31)32)14-23(29)13-20)34-17-24(36)18-35-8-10-37-11-9-35/h1-7,12-14,16,24,34,36H,8-11,15,17-18H2. The molecule has 198 valence electrons. The normalized spacial score (nSPS) is 17.4. The van der Waals surface area contributed by atoms with E-state index >= 15 is 0 Å². The van der Waals surface area contributed by atoms with Crippen molar-refractivity contribution in [1.29, 1.82) is 0 Å². The molecule has 1 fully saturated rings. The van der Waals surface area contributed by atoms with Crippen LogP contribution in [0.4, 0.5) is 17.6 Å². The lowest BCUT2D eigenvalue weighted by Crippen LogP contribution is -2.51. The molecule has 1 aliphatic heterocycles. The van der Waals surface area contributed by atoms with E-state index in [9.17, 15) is 22.7 Å². The van der Waals surface area contributed by atoms with Crippen molar-refractivity contribution in [3.05, 3.63) is 100 Å². The van der Waals surface area contributed by atoms with Crippen LogP contribution in [0.2, 0.25) is 5.02 Å². The van der Waals surface area contributed by atoms with E-state index in [0.717, 1.165) is 17.7 Å². The maximum atomic E-state index is 14.7. The van der Waals surface area contributed by atoms with Crippen LogP contribution in [0.5, 0.6) is 0 Å². The predicted molar refractivity (Wildman–Crippen MR) is 133 cm³/mol. The first-order chi connectivity index (χ1) is 17.7. The van der Waals surface area contributed by atoms with Gasteiger partial charge in [0, 0.05) is 38.8 Å². The van der Waals surface area contributed by atoms with Crippen molar-refractivity contribution in [2.45, 2.75) is 24.2 Å². The summed E-state index contributed by atoms with van der Waals surface area (Å²) in [6, 6.07) is 14.8. The van der Waals surface area contributed by atoms with Crippen molar-refractivity contribution in [2.24, 2.45) is 0 Å². The highest BCUT2D eigenvalue weighted by Crippen LogP contribution is 2.37. The number of aliphatic hydroxyl groups is 1. The summed E-state index contributed by atoms with van der Waals surface area (Å²) in [7, 11) is 0. The van der Waals surface area contributed by atoms with E-state index in [2.05, 4.69) is 15.2 Å². The Labute approximate surface area is 218 Å². The average molecular weight is 538 g/mol. The van der Waals surface area contributed by atoms with Crippen LogP contribution in [0.3, 0.4) is 0 Å². The Morgan fingerprint density at radius 2 is 1.73 bits per heavy atom. The summed E-state index contributed by atoms with van der Waals surface area (Å²) >= 11 is 6.07. The summed E-state index contributed by atoms with van der Waals surface area (Å²) in [5.41, 5.74) is -1.34. The molecule has 0 bridgehead atoms. The zero-order chi connectivity index (χ0) is 26.5. The van der Waals surface area contributed by atoms with Crippen LogP contribution in [0.15, 0.2) is 66.9 Å². The Hall–Kier alpha value is -2.56. The average Bonchev–Trinajstić information content (AvgIpc) is 2.87. The van der Waals surface area contributed by atoms with Gasteiger partial charge in [-0.3, -0.25) is 15.2 Å². The van der Waals surface area contributed by atoms with Gasteiger partial charge in [-0.1, -0.05) is 41.9 Å². The number of nitrogens with zero attached hydrogens (tertiary/aromatic N) is 2. The molecule has 2 aromatic carbocycles. The lowest BCUT2D eigenvalue weighted by atomic mass is 9.79. The second kappa shape index (κ2) is 11.9. The molecule has 4 rings (SSSR count). The summed E-state index contributed by atoms with van der Waals surface area (Å²) in [4.78, 5) is 6.49. The van der Waals surface area contributed by atoms with Gasteiger partial charge in [0.05, 0.1) is 41.1 Å². The van der Waals surface area contributed by atoms with Crippen LogP contribution < -0.4 is 5.32 Å². The Morgan fingerprint density at radius 1 is 1.03 bits per heavy atom. The van der Waals surface area contributed by atoms with Gasteiger partial charge in [0.15, 0.2) is 0 Å². The smallest absolute Gasteiger partial charge is 0.390 e. The van der Waals surface area contributed by atoms with E-state index in [4.69, 9.17) is 16.3 Å². The minimum Gasteiger partial charge on any atom is -0.390 e. The number of hydrogen-bond acceptors (Lipinski definition) is 5. The minimum atomic E-state index is -4.75. The fourth-order valence-electron chi connectivity index (χ4n) is 4.56. The molecule has 3 aromatic rings. The number of nitrogens with one attached hydrogen (secondary N) is 1. The fourth-order valence-corrected chi connectivity index (χ4v) is 4.68. The minimum absolute atomic E-state index is 0.0202. The van der Waals surface area contributed by atoms with Gasteiger partial charge < -0.3 is 9.84 Å². The number of benzene rings is 2. The molecule has 0 spiro atoms. The van der Waals surface area contributed by atoms with Gasteiger partial charge >= 0.3 is 6.18 Å². The molecule has 37 heavy (non-hydrogen) atoms. The van der Waals surface area contributed by atoms with Gasteiger partial charge in [-0.25, -0.2) is 4.39 Å². The molecule has 0 saturated carbocycles. The van der Waals surface area contributed by atoms with Crippen LogP contribution in [0, 0.1) is 5.82 Å².